The van der Waals surface area contributed by atoms with Crippen LogP contribution in [0, 0.1) is 0 Å². The molecule has 0 aliphatic carbocycles. The molecule has 33 heavy (non-hydrogen) atoms. The number of hydrogen-bond acceptors (Lipinski definition) is 7. The number of ether oxygens (including phenoxy) is 2. The van der Waals surface area contributed by atoms with Gasteiger partial charge >= 0.3 is 5.97 Å². The zero-order chi connectivity index (χ0) is 23.5. The maximum Gasteiger partial charge on any atom is 0.338 e. The second-order valence-electron chi connectivity index (χ2n) is 7.99. The highest BCUT2D eigenvalue weighted by molar-refractivity contribution is 8.22. The van der Waals surface area contributed by atoms with Crippen molar-refractivity contribution in [1.82, 2.24) is 9.80 Å². The number of allylic oxidation sites excluding steroid dienone is 1. The standard InChI is InChI=1S/C25H26ClN3O3S/c1-16-22(24(30)32-14-13-28(2)3)23(19-7-5-6-8-20(19)31-4)29-15-21(33-25(29)27-16)17-9-11-18(26)12-10-17/h5-12,15,23H,13-14H2,1-4H3. The van der Waals surface area contributed by atoms with Crippen LogP contribution in [0.1, 0.15) is 24.1 Å². The largest absolute Gasteiger partial charge is 0.496 e. The number of fused-ring (bicyclic) bond motifs is 1. The average Bonchev–Trinajstić information content (AvgIpc) is 3.21. The van der Waals surface area contributed by atoms with Gasteiger partial charge in [-0.3, -0.25) is 0 Å². The minimum absolute atomic E-state index is 0.304. The molecule has 2 aliphatic heterocycles. The molecule has 4 rings (SSSR count). The Bertz CT molecular complexity index is 1140. The normalized spacial score (nSPS) is 17.6. The van der Waals surface area contributed by atoms with Crippen LogP contribution in [-0.4, -0.2) is 55.3 Å². The van der Waals surface area contributed by atoms with Crippen LogP contribution >= 0.6 is 23.4 Å². The lowest BCUT2D eigenvalue weighted by Crippen LogP contribution is -2.34. The smallest absolute Gasteiger partial charge is 0.338 e. The molecule has 2 heterocycles. The molecule has 0 amide bonds. The number of rotatable bonds is 7. The number of thioether (sulfide) groups is 1. The quantitative estimate of drug-likeness (QED) is 0.505. The van der Waals surface area contributed by atoms with Crippen LogP contribution < -0.4 is 4.74 Å². The molecule has 0 spiro atoms. The molecule has 2 aromatic rings. The van der Waals surface area contributed by atoms with Gasteiger partial charge in [0.2, 0.25) is 0 Å². The van der Waals surface area contributed by atoms with Crippen LogP contribution in [0.3, 0.4) is 0 Å². The Morgan fingerprint density at radius 3 is 2.61 bits per heavy atom. The summed E-state index contributed by atoms with van der Waals surface area (Å²) in [5.74, 6) is 0.333. The summed E-state index contributed by atoms with van der Waals surface area (Å²) < 4.78 is 11.3. The van der Waals surface area contributed by atoms with Gasteiger partial charge in [0.15, 0.2) is 5.17 Å². The first-order valence-electron chi connectivity index (χ1n) is 10.6. The lowest BCUT2D eigenvalue weighted by atomic mass is 9.94. The van der Waals surface area contributed by atoms with E-state index in [1.165, 1.54) is 0 Å². The molecular formula is C25H26ClN3O3S. The fourth-order valence-electron chi connectivity index (χ4n) is 3.77. The monoisotopic (exact) mass is 483 g/mol. The molecule has 8 heteroatoms. The molecule has 172 valence electrons. The first kappa shape index (κ1) is 23.4. The molecule has 6 nitrogen and oxygen atoms in total. The number of methoxy groups -OCH3 is 1. The predicted molar refractivity (Wildman–Crippen MR) is 134 cm³/mol. The van der Waals surface area contributed by atoms with Gasteiger partial charge in [0, 0.05) is 28.2 Å². The highest BCUT2D eigenvalue weighted by Gasteiger charge is 2.40. The summed E-state index contributed by atoms with van der Waals surface area (Å²) in [6, 6.07) is 15.0. The number of halogens is 1. The van der Waals surface area contributed by atoms with Gasteiger partial charge in [0.25, 0.3) is 0 Å². The SMILES string of the molecule is COc1ccccc1C1C(C(=O)OCCN(C)C)=C(C)N=C2SC(c3ccc(Cl)cc3)=CN21. The van der Waals surface area contributed by atoms with Gasteiger partial charge in [-0.25, -0.2) is 9.79 Å². The van der Waals surface area contributed by atoms with E-state index in [9.17, 15) is 4.79 Å². The number of likely N-dealkylation sites (N-methyl/N-ethyl adjacent to an activating group) is 1. The van der Waals surface area contributed by atoms with Gasteiger partial charge in [-0.2, -0.15) is 0 Å². The topological polar surface area (TPSA) is 54.4 Å². The van der Waals surface area contributed by atoms with Crippen molar-refractivity contribution in [2.24, 2.45) is 4.99 Å². The summed E-state index contributed by atoms with van der Waals surface area (Å²) in [7, 11) is 5.52. The van der Waals surface area contributed by atoms with Crippen molar-refractivity contribution >= 4 is 39.4 Å². The minimum Gasteiger partial charge on any atom is -0.496 e. The van der Waals surface area contributed by atoms with Crippen molar-refractivity contribution in [3.05, 3.63) is 82.2 Å². The zero-order valence-electron chi connectivity index (χ0n) is 19.0. The first-order chi connectivity index (χ1) is 15.9. The molecule has 2 aliphatic rings. The van der Waals surface area contributed by atoms with Crippen molar-refractivity contribution in [1.29, 1.82) is 0 Å². The molecule has 0 bridgehead atoms. The van der Waals surface area contributed by atoms with Crippen LogP contribution in [0.4, 0.5) is 0 Å². The Balaban J connectivity index is 1.76. The van der Waals surface area contributed by atoms with Crippen LogP contribution in [0.25, 0.3) is 4.91 Å². The minimum atomic E-state index is -0.419. The number of aliphatic imine (C=N–C) groups is 1. The van der Waals surface area contributed by atoms with E-state index in [0.29, 0.717) is 35.2 Å². The van der Waals surface area contributed by atoms with Crippen molar-refractivity contribution in [2.45, 2.75) is 13.0 Å². The molecule has 0 saturated heterocycles. The maximum atomic E-state index is 13.3. The number of para-hydroxylation sites is 1. The van der Waals surface area contributed by atoms with E-state index >= 15 is 0 Å². The Kier molecular flexibility index (Phi) is 7.12. The van der Waals surface area contributed by atoms with Gasteiger partial charge in [0.1, 0.15) is 12.4 Å². The third kappa shape index (κ3) is 4.95. The number of esters is 1. The first-order valence-corrected chi connectivity index (χ1v) is 11.8. The zero-order valence-corrected chi connectivity index (χ0v) is 20.6. The van der Waals surface area contributed by atoms with E-state index in [2.05, 4.69) is 0 Å². The van der Waals surface area contributed by atoms with Gasteiger partial charge in [-0.05, 0) is 56.5 Å². The van der Waals surface area contributed by atoms with E-state index in [1.807, 2.05) is 85.5 Å². The van der Waals surface area contributed by atoms with Gasteiger partial charge in [-0.15, -0.1) is 0 Å². The molecule has 2 aromatic carbocycles. The van der Waals surface area contributed by atoms with Crippen LogP contribution in [0.15, 0.2) is 71.0 Å². The van der Waals surface area contributed by atoms with E-state index in [-0.39, 0.29) is 5.97 Å². The maximum absolute atomic E-state index is 13.3. The summed E-state index contributed by atoms with van der Waals surface area (Å²) in [5.41, 5.74) is 3.06. The second-order valence-corrected chi connectivity index (χ2v) is 9.43. The lowest BCUT2D eigenvalue weighted by Gasteiger charge is -2.34. The molecule has 1 atom stereocenters. The molecule has 0 radical (unpaired) electrons. The molecule has 0 N–H and O–H groups in total. The number of amidine groups is 1. The summed E-state index contributed by atoms with van der Waals surface area (Å²) in [5, 5.41) is 1.49. The number of carbonyl (C=O) groups excluding carboxylic acids is 1. The van der Waals surface area contributed by atoms with Gasteiger partial charge in [0.05, 0.1) is 24.4 Å². The molecule has 1 unspecified atom stereocenters. The van der Waals surface area contributed by atoms with E-state index < -0.39 is 6.04 Å². The second kappa shape index (κ2) is 10.0. The summed E-state index contributed by atoms with van der Waals surface area (Å²) in [6.45, 7) is 2.81. The Hall–Kier alpha value is -2.74. The third-order valence-corrected chi connectivity index (χ3v) is 6.73. The average molecular weight is 484 g/mol. The molecule has 0 fully saturated rings. The van der Waals surface area contributed by atoms with Crippen molar-refractivity contribution < 1.29 is 14.3 Å². The molecular weight excluding hydrogens is 458 g/mol. The summed E-state index contributed by atoms with van der Waals surface area (Å²) in [6.07, 6.45) is 2.03. The van der Waals surface area contributed by atoms with Crippen molar-refractivity contribution in [3.63, 3.8) is 0 Å². The Morgan fingerprint density at radius 2 is 1.91 bits per heavy atom. The highest BCUT2D eigenvalue weighted by atomic mass is 35.5. The Labute approximate surface area is 203 Å². The predicted octanol–water partition coefficient (Wildman–Crippen LogP) is 5.19. The number of nitrogens with zero attached hydrogens (tertiary/aromatic N) is 3. The molecule has 0 aromatic heterocycles. The van der Waals surface area contributed by atoms with Crippen LogP contribution in [0.2, 0.25) is 5.02 Å². The number of hydrogen-bond donors (Lipinski definition) is 0. The highest BCUT2D eigenvalue weighted by Crippen LogP contribution is 2.48. The van der Waals surface area contributed by atoms with E-state index in [1.54, 1.807) is 18.9 Å². The summed E-state index contributed by atoms with van der Waals surface area (Å²) >= 11 is 7.64. The number of benzene rings is 2. The van der Waals surface area contributed by atoms with Gasteiger partial charge < -0.3 is 19.3 Å². The Morgan fingerprint density at radius 1 is 1.18 bits per heavy atom. The van der Waals surface area contributed by atoms with Crippen molar-refractivity contribution in [3.8, 4) is 5.75 Å². The fraction of sp³-hybridized carbons (Fsp3) is 0.280. The summed E-state index contributed by atoms with van der Waals surface area (Å²) in [4.78, 5) is 23.1. The van der Waals surface area contributed by atoms with Crippen LogP contribution in [0.5, 0.6) is 5.75 Å². The van der Waals surface area contributed by atoms with E-state index in [0.717, 1.165) is 21.2 Å². The molecule has 0 saturated carbocycles. The number of carbonyl (C=O) groups is 1. The van der Waals surface area contributed by atoms with E-state index in [4.69, 9.17) is 26.1 Å². The fourth-order valence-corrected chi connectivity index (χ4v) is 4.96. The van der Waals surface area contributed by atoms with Gasteiger partial charge in [-0.1, -0.05) is 41.9 Å². The van der Waals surface area contributed by atoms with Crippen molar-refractivity contribution in [2.75, 3.05) is 34.4 Å². The third-order valence-electron chi connectivity index (χ3n) is 5.44. The van der Waals surface area contributed by atoms with Crippen LogP contribution in [-0.2, 0) is 9.53 Å². The lowest BCUT2D eigenvalue weighted by molar-refractivity contribution is -0.140.